The number of hydrogen-bond acceptors (Lipinski definition) is 5. The Bertz CT molecular complexity index is 1160. The smallest absolute Gasteiger partial charge is 0.317 e. The predicted molar refractivity (Wildman–Crippen MR) is 134 cm³/mol. The molecule has 0 radical (unpaired) electrons. The molecule has 0 saturated heterocycles. The third kappa shape index (κ3) is 6.52. The summed E-state index contributed by atoms with van der Waals surface area (Å²) in [5.74, 6) is 4.82. The highest BCUT2D eigenvalue weighted by Gasteiger charge is 2.34. The predicted octanol–water partition coefficient (Wildman–Crippen LogP) is 2.89. The van der Waals surface area contributed by atoms with Crippen LogP contribution in [0.15, 0.2) is 36.5 Å². The molecule has 0 bridgehead atoms. The molecule has 9 heteroatoms. The van der Waals surface area contributed by atoms with Crippen molar-refractivity contribution in [3.05, 3.63) is 59.0 Å². The highest BCUT2D eigenvalue weighted by atomic mass is 19.1. The Morgan fingerprint density at radius 1 is 1.33 bits per heavy atom. The van der Waals surface area contributed by atoms with Gasteiger partial charge in [-0.25, -0.2) is 14.2 Å². The second-order valence-electron chi connectivity index (χ2n) is 9.41. The first-order valence-electron chi connectivity index (χ1n) is 12.0. The van der Waals surface area contributed by atoms with Crippen molar-refractivity contribution < 1.29 is 23.8 Å². The molecule has 1 aliphatic rings. The number of aliphatic hydroxyl groups excluding tert-OH is 1. The maximum Gasteiger partial charge on any atom is 0.317 e. The first-order valence-corrected chi connectivity index (χ1v) is 12.0. The quantitative estimate of drug-likeness (QED) is 0.621. The SMILES string of the molecule is CC(C)NC(=O)N(C)C[C@@H]1Oc2ncc(C#Cc3ccccc3F)cc2C(=O)N([C@@H](C)CO)C[C@@H]1C. The van der Waals surface area contributed by atoms with Gasteiger partial charge in [-0.05, 0) is 39.0 Å². The standard InChI is InChI=1S/C27H33FN4O4/c1-17(2)30-27(35)31(5)15-24-18(3)14-32(19(4)16-33)26(34)22-12-20(13-29-25(22)36-24)10-11-21-8-6-7-9-23(21)28/h6-9,12-13,17-19,24,33H,14-16H2,1-5H3,(H,30,35)/t18-,19-,24-/m0/s1. The molecule has 8 nitrogen and oxygen atoms in total. The lowest BCUT2D eigenvalue weighted by Crippen LogP contribution is -2.51. The molecule has 0 unspecified atom stereocenters. The van der Waals surface area contributed by atoms with E-state index in [1.54, 1.807) is 48.0 Å². The number of nitrogens with zero attached hydrogens (tertiary/aromatic N) is 3. The summed E-state index contributed by atoms with van der Waals surface area (Å²) in [6.07, 6.45) is 1.01. The second-order valence-corrected chi connectivity index (χ2v) is 9.41. The first-order chi connectivity index (χ1) is 17.1. The molecule has 3 rings (SSSR count). The summed E-state index contributed by atoms with van der Waals surface area (Å²) >= 11 is 0. The Balaban J connectivity index is 1.97. The van der Waals surface area contributed by atoms with E-state index < -0.39 is 18.0 Å². The Labute approximate surface area is 211 Å². The monoisotopic (exact) mass is 496 g/mol. The number of carbonyl (C=O) groups excluding carboxylic acids is 2. The van der Waals surface area contributed by atoms with E-state index >= 15 is 0 Å². The number of likely N-dealkylation sites (N-methyl/N-ethyl adjacent to an activating group) is 1. The molecule has 0 fully saturated rings. The molecule has 2 aromatic rings. The summed E-state index contributed by atoms with van der Waals surface area (Å²) in [5.41, 5.74) is 0.852. The highest BCUT2D eigenvalue weighted by Crippen LogP contribution is 2.27. The number of urea groups is 1. The molecule has 1 aromatic heterocycles. The number of carbonyl (C=O) groups is 2. The normalized spacial score (nSPS) is 18.2. The molecule has 3 amide bonds. The molecule has 36 heavy (non-hydrogen) atoms. The van der Waals surface area contributed by atoms with Crippen LogP contribution >= 0.6 is 0 Å². The van der Waals surface area contributed by atoms with E-state index in [0.29, 0.717) is 12.1 Å². The average molecular weight is 497 g/mol. The number of aliphatic hydroxyl groups is 1. The molecule has 3 atom stereocenters. The molecule has 0 saturated carbocycles. The number of rotatable bonds is 5. The summed E-state index contributed by atoms with van der Waals surface area (Å²) < 4.78 is 20.2. The van der Waals surface area contributed by atoms with E-state index in [1.165, 1.54) is 12.3 Å². The molecular weight excluding hydrogens is 463 g/mol. The van der Waals surface area contributed by atoms with Crippen LogP contribution in [0.1, 0.15) is 49.2 Å². The largest absolute Gasteiger partial charge is 0.472 e. The van der Waals surface area contributed by atoms with Crippen molar-refractivity contribution in [1.82, 2.24) is 20.1 Å². The van der Waals surface area contributed by atoms with Crippen LogP contribution in [-0.2, 0) is 0 Å². The van der Waals surface area contributed by atoms with Gasteiger partial charge in [0.1, 0.15) is 17.5 Å². The Kier molecular flexibility index (Phi) is 8.88. The maximum absolute atomic E-state index is 14.0. The lowest BCUT2D eigenvalue weighted by Gasteiger charge is -2.37. The first kappa shape index (κ1) is 27.0. The minimum Gasteiger partial charge on any atom is -0.472 e. The van der Waals surface area contributed by atoms with Gasteiger partial charge >= 0.3 is 6.03 Å². The Morgan fingerprint density at radius 2 is 2.06 bits per heavy atom. The molecule has 0 spiro atoms. The number of benzene rings is 1. The minimum absolute atomic E-state index is 0.0135. The van der Waals surface area contributed by atoms with Crippen molar-refractivity contribution in [2.24, 2.45) is 5.92 Å². The lowest BCUT2D eigenvalue weighted by atomic mass is 10.00. The van der Waals surface area contributed by atoms with E-state index in [-0.39, 0.29) is 54.1 Å². The zero-order valence-electron chi connectivity index (χ0n) is 21.3. The van der Waals surface area contributed by atoms with Gasteiger partial charge in [-0.1, -0.05) is 30.9 Å². The number of pyridine rings is 1. The van der Waals surface area contributed by atoms with Crippen LogP contribution in [0.5, 0.6) is 5.88 Å². The van der Waals surface area contributed by atoms with Gasteiger partial charge in [-0.15, -0.1) is 0 Å². The Hall–Kier alpha value is -3.64. The number of aromatic nitrogens is 1. The Morgan fingerprint density at radius 3 is 2.72 bits per heavy atom. The highest BCUT2D eigenvalue weighted by molar-refractivity contribution is 5.97. The van der Waals surface area contributed by atoms with Crippen LogP contribution < -0.4 is 10.1 Å². The van der Waals surface area contributed by atoms with Gasteiger partial charge in [-0.3, -0.25) is 4.79 Å². The molecule has 192 valence electrons. The van der Waals surface area contributed by atoms with Gasteiger partial charge in [0.25, 0.3) is 5.91 Å². The van der Waals surface area contributed by atoms with Gasteiger partial charge in [0.15, 0.2) is 0 Å². The van der Waals surface area contributed by atoms with E-state index in [1.807, 2.05) is 20.8 Å². The fourth-order valence-corrected chi connectivity index (χ4v) is 3.80. The van der Waals surface area contributed by atoms with Crippen molar-refractivity contribution >= 4 is 11.9 Å². The second kappa shape index (κ2) is 11.9. The molecular formula is C27H33FN4O4. The fourth-order valence-electron chi connectivity index (χ4n) is 3.80. The summed E-state index contributed by atoms with van der Waals surface area (Å²) in [5, 5.41) is 12.7. The molecule has 1 aliphatic heterocycles. The summed E-state index contributed by atoms with van der Waals surface area (Å²) in [4.78, 5) is 33.4. The van der Waals surface area contributed by atoms with Crippen molar-refractivity contribution in [1.29, 1.82) is 0 Å². The zero-order valence-corrected chi connectivity index (χ0v) is 21.3. The van der Waals surface area contributed by atoms with Crippen molar-refractivity contribution in [2.75, 3.05) is 26.7 Å². The summed E-state index contributed by atoms with van der Waals surface area (Å²) in [6.45, 7) is 7.83. The van der Waals surface area contributed by atoms with Crippen LogP contribution in [0.3, 0.4) is 0 Å². The number of nitrogens with one attached hydrogen (secondary N) is 1. The third-order valence-corrected chi connectivity index (χ3v) is 5.95. The van der Waals surface area contributed by atoms with Crippen LogP contribution in [0.2, 0.25) is 0 Å². The topological polar surface area (TPSA) is 95.0 Å². The lowest BCUT2D eigenvalue weighted by molar-refractivity contribution is 0.0351. The minimum atomic E-state index is -0.462. The van der Waals surface area contributed by atoms with E-state index in [9.17, 15) is 19.1 Å². The van der Waals surface area contributed by atoms with Crippen LogP contribution in [0.4, 0.5) is 9.18 Å². The van der Waals surface area contributed by atoms with Gasteiger partial charge in [0.05, 0.1) is 24.8 Å². The van der Waals surface area contributed by atoms with Crippen molar-refractivity contribution in [2.45, 2.75) is 45.9 Å². The van der Waals surface area contributed by atoms with Gasteiger partial charge in [0.2, 0.25) is 5.88 Å². The zero-order chi connectivity index (χ0) is 26.4. The van der Waals surface area contributed by atoms with E-state index in [4.69, 9.17) is 4.74 Å². The number of amides is 3. The number of hydrogen-bond donors (Lipinski definition) is 2. The molecule has 0 aliphatic carbocycles. The van der Waals surface area contributed by atoms with E-state index in [2.05, 4.69) is 22.1 Å². The number of halogens is 1. The average Bonchev–Trinajstić information content (AvgIpc) is 2.84. The van der Waals surface area contributed by atoms with Crippen molar-refractivity contribution in [3.63, 3.8) is 0 Å². The van der Waals surface area contributed by atoms with Crippen molar-refractivity contribution in [3.8, 4) is 17.7 Å². The van der Waals surface area contributed by atoms with Crippen LogP contribution in [0.25, 0.3) is 0 Å². The molecule has 1 aromatic carbocycles. The number of ether oxygens (including phenoxy) is 1. The molecule has 2 heterocycles. The summed E-state index contributed by atoms with van der Waals surface area (Å²) in [7, 11) is 1.68. The molecule has 2 N–H and O–H groups in total. The van der Waals surface area contributed by atoms with Crippen LogP contribution in [0, 0.1) is 23.6 Å². The van der Waals surface area contributed by atoms with Gasteiger partial charge < -0.3 is 25.0 Å². The fraction of sp³-hybridized carbons (Fsp3) is 0.444. The van der Waals surface area contributed by atoms with Gasteiger partial charge in [-0.2, -0.15) is 0 Å². The van der Waals surface area contributed by atoms with Crippen LogP contribution in [-0.4, -0.2) is 76.8 Å². The summed E-state index contributed by atoms with van der Waals surface area (Å²) in [6, 6.07) is 7.05. The maximum atomic E-state index is 14.0. The van der Waals surface area contributed by atoms with E-state index in [0.717, 1.165) is 0 Å². The number of fused-ring (bicyclic) bond motifs is 1. The third-order valence-electron chi connectivity index (χ3n) is 5.95. The van der Waals surface area contributed by atoms with Gasteiger partial charge in [0, 0.05) is 37.3 Å².